The van der Waals surface area contributed by atoms with Crippen LogP contribution in [0.3, 0.4) is 0 Å². The van der Waals surface area contributed by atoms with Crippen molar-refractivity contribution < 1.29 is 9.84 Å². The Labute approximate surface area is 77.5 Å². The van der Waals surface area contributed by atoms with Gasteiger partial charge in [0.1, 0.15) is 6.10 Å². The van der Waals surface area contributed by atoms with Gasteiger partial charge in [0.2, 0.25) is 0 Å². The van der Waals surface area contributed by atoms with Crippen molar-refractivity contribution in [2.24, 2.45) is 0 Å². The van der Waals surface area contributed by atoms with Crippen molar-refractivity contribution in [2.75, 3.05) is 6.61 Å². The quantitative estimate of drug-likeness (QED) is 0.738. The molecule has 1 aliphatic rings. The first-order valence-corrected chi connectivity index (χ1v) is 4.41. The van der Waals surface area contributed by atoms with Crippen LogP contribution in [0, 0.1) is 0 Å². The monoisotopic (exact) mass is 233 g/mol. The zero-order valence-electron chi connectivity index (χ0n) is 6.27. The van der Waals surface area contributed by atoms with E-state index in [-0.39, 0.29) is 12.7 Å². The van der Waals surface area contributed by atoms with Gasteiger partial charge in [-0.2, -0.15) is 0 Å². The lowest BCUT2D eigenvalue weighted by Gasteiger charge is -2.21. The van der Waals surface area contributed by atoms with Crippen LogP contribution >= 0.6 is 15.9 Å². The topological polar surface area (TPSA) is 60.2 Å². The molecule has 0 radical (unpaired) electrons. The fraction of sp³-hybridized carbons (Fsp3) is 0.667. The molecule has 2 heterocycles. The van der Waals surface area contributed by atoms with Gasteiger partial charge in [-0.15, -0.1) is 5.10 Å². The molecular formula is C6H8BrN3O2. The van der Waals surface area contributed by atoms with E-state index in [0.717, 1.165) is 10.3 Å². The summed E-state index contributed by atoms with van der Waals surface area (Å²) >= 11 is 3.26. The van der Waals surface area contributed by atoms with E-state index in [1.165, 1.54) is 0 Å². The maximum absolute atomic E-state index is 8.83. The summed E-state index contributed by atoms with van der Waals surface area (Å²) < 4.78 is 7.78. The second kappa shape index (κ2) is 3.12. The molecule has 5 nitrogen and oxygen atoms in total. The fourth-order valence-corrected chi connectivity index (χ4v) is 1.54. The molecule has 0 amide bonds. The minimum atomic E-state index is -0.147. The Hall–Kier alpha value is -0.460. The number of halogens is 1. The van der Waals surface area contributed by atoms with Gasteiger partial charge in [0, 0.05) is 0 Å². The van der Waals surface area contributed by atoms with Crippen LogP contribution < -0.4 is 0 Å². The van der Waals surface area contributed by atoms with Crippen molar-refractivity contribution >= 4 is 15.9 Å². The molecule has 0 aromatic carbocycles. The first-order chi connectivity index (χ1) is 5.81. The van der Waals surface area contributed by atoms with Crippen LogP contribution in [0.25, 0.3) is 0 Å². The summed E-state index contributed by atoms with van der Waals surface area (Å²) in [4.78, 5) is 0. The summed E-state index contributed by atoms with van der Waals surface area (Å²) in [5.41, 5.74) is 0.930. The Kier molecular flexibility index (Phi) is 2.12. The minimum Gasteiger partial charge on any atom is -0.394 e. The Morgan fingerprint density at radius 2 is 2.58 bits per heavy atom. The van der Waals surface area contributed by atoms with Crippen LogP contribution in [0.5, 0.6) is 0 Å². The predicted octanol–water partition coefficient (Wildman–Crippen LogP) is -0.0683. The van der Waals surface area contributed by atoms with Gasteiger partial charge in [0.15, 0.2) is 4.60 Å². The highest BCUT2D eigenvalue weighted by Gasteiger charge is 2.21. The summed E-state index contributed by atoms with van der Waals surface area (Å²) in [5, 5.41) is 16.5. The molecule has 1 aromatic heterocycles. The smallest absolute Gasteiger partial charge is 0.153 e. The Balaban J connectivity index is 2.24. The van der Waals surface area contributed by atoms with E-state index in [9.17, 15) is 0 Å². The van der Waals surface area contributed by atoms with Crippen LogP contribution in [-0.4, -0.2) is 32.8 Å². The lowest BCUT2D eigenvalue weighted by molar-refractivity contribution is -0.0312. The summed E-state index contributed by atoms with van der Waals surface area (Å²) in [6.07, 6.45) is -0.147. The van der Waals surface area contributed by atoms with Gasteiger partial charge in [0.05, 0.1) is 25.5 Å². The molecule has 1 aromatic rings. The van der Waals surface area contributed by atoms with E-state index in [1.807, 2.05) is 0 Å². The molecule has 12 heavy (non-hydrogen) atoms. The van der Waals surface area contributed by atoms with Crippen molar-refractivity contribution in [3.8, 4) is 0 Å². The van der Waals surface area contributed by atoms with Gasteiger partial charge in [-0.05, 0) is 15.9 Å². The standard InChI is InChI=1S/C6H8BrN3O2/c7-6-5-3-12-4(2-11)1-10(5)9-8-6/h4,11H,1-3H2. The molecule has 0 bridgehead atoms. The summed E-state index contributed by atoms with van der Waals surface area (Å²) in [5.74, 6) is 0. The highest BCUT2D eigenvalue weighted by atomic mass is 79.9. The third-order valence-electron chi connectivity index (χ3n) is 1.83. The van der Waals surface area contributed by atoms with Gasteiger partial charge in [-0.3, -0.25) is 0 Å². The number of nitrogens with zero attached hydrogens (tertiary/aromatic N) is 3. The first kappa shape index (κ1) is 8.15. The van der Waals surface area contributed by atoms with E-state index < -0.39 is 0 Å². The van der Waals surface area contributed by atoms with Crippen LogP contribution in [0.4, 0.5) is 0 Å². The third-order valence-corrected chi connectivity index (χ3v) is 2.44. The molecule has 0 spiro atoms. The maximum atomic E-state index is 8.83. The average molecular weight is 234 g/mol. The molecule has 0 saturated heterocycles. The molecule has 0 saturated carbocycles. The second-order valence-corrected chi connectivity index (χ2v) is 3.38. The van der Waals surface area contributed by atoms with Crippen molar-refractivity contribution in [3.05, 3.63) is 10.3 Å². The Bertz CT molecular complexity index is 288. The Morgan fingerprint density at radius 1 is 1.75 bits per heavy atom. The molecule has 1 aliphatic heterocycles. The van der Waals surface area contributed by atoms with Crippen LogP contribution in [0.1, 0.15) is 5.69 Å². The number of aliphatic hydroxyl groups is 1. The zero-order valence-corrected chi connectivity index (χ0v) is 7.86. The number of aromatic nitrogens is 3. The van der Waals surface area contributed by atoms with Gasteiger partial charge >= 0.3 is 0 Å². The highest BCUT2D eigenvalue weighted by molar-refractivity contribution is 9.10. The molecule has 2 rings (SSSR count). The van der Waals surface area contributed by atoms with Crippen LogP contribution in [-0.2, 0) is 17.9 Å². The average Bonchev–Trinajstić information content (AvgIpc) is 2.47. The minimum absolute atomic E-state index is 0.0247. The van der Waals surface area contributed by atoms with Crippen molar-refractivity contribution in [1.29, 1.82) is 0 Å². The van der Waals surface area contributed by atoms with E-state index >= 15 is 0 Å². The molecule has 1 unspecified atom stereocenters. The zero-order chi connectivity index (χ0) is 8.55. The highest BCUT2D eigenvalue weighted by Crippen LogP contribution is 2.19. The Morgan fingerprint density at radius 3 is 3.33 bits per heavy atom. The van der Waals surface area contributed by atoms with E-state index in [2.05, 4.69) is 26.2 Å². The molecule has 0 aliphatic carbocycles. The number of ether oxygens (including phenoxy) is 1. The fourth-order valence-electron chi connectivity index (χ4n) is 1.15. The number of hydrogen-bond acceptors (Lipinski definition) is 4. The molecule has 6 heteroatoms. The van der Waals surface area contributed by atoms with Gasteiger partial charge in [-0.1, -0.05) is 5.21 Å². The normalized spacial score (nSPS) is 22.3. The lowest BCUT2D eigenvalue weighted by atomic mass is 10.3. The summed E-state index contributed by atoms with van der Waals surface area (Å²) in [7, 11) is 0. The lowest BCUT2D eigenvalue weighted by Crippen LogP contribution is -2.30. The van der Waals surface area contributed by atoms with Crippen LogP contribution in [0.15, 0.2) is 4.60 Å². The van der Waals surface area contributed by atoms with E-state index in [1.54, 1.807) is 4.68 Å². The number of fused-ring (bicyclic) bond motifs is 1. The number of hydrogen-bond donors (Lipinski definition) is 1. The largest absolute Gasteiger partial charge is 0.394 e. The molecule has 1 N–H and O–H groups in total. The van der Waals surface area contributed by atoms with Crippen molar-refractivity contribution in [2.45, 2.75) is 19.3 Å². The van der Waals surface area contributed by atoms with E-state index in [4.69, 9.17) is 9.84 Å². The van der Waals surface area contributed by atoms with Gasteiger partial charge in [-0.25, -0.2) is 4.68 Å². The third kappa shape index (κ3) is 1.26. The summed E-state index contributed by atoms with van der Waals surface area (Å²) in [6.45, 7) is 1.06. The molecular weight excluding hydrogens is 226 g/mol. The maximum Gasteiger partial charge on any atom is 0.153 e. The van der Waals surface area contributed by atoms with Gasteiger partial charge < -0.3 is 9.84 Å². The van der Waals surface area contributed by atoms with Crippen molar-refractivity contribution in [1.82, 2.24) is 15.0 Å². The summed E-state index contributed by atoms with van der Waals surface area (Å²) in [6, 6.07) is 0. The van der Waals surface area contributed by atoms with Crippen molar-refractivity contribution in [3.63, 3.8) is 0 Å². The number of rotatable bonds is 1. The van der Waals surface area contributed by atoms with Crippen LogP contribution in [0.2, 0.25) is 0 Å². The SMILES string of the molecule is OCC1Cn2nnc(Br)c2CO1. The number of aliphatic hydroxyl groups excluding tert-OH is 1. The predicted molar refractivity (Wildman–Crippen MR) is 43.4 cm³/mol. The second-order valence-electron chi connectivity index (χ2n) is 2.62. The molecule has 0 fully saturated rings. The van der Waals surface area contributed by atoms with E-state index in [0.29, 0.717) is 13.2 Å². The van der Waals surface area contributed by atoms with Gasteiger partial charge in [0.25, 0.3) is 0 Å². The molecule has 66 valence electrons. The molecule has 1 atom stereocenters. The first-order valence-electron chi connectivity index (χ1n) is 3.61.